The summed E-state index contributed by atoms with van der Waals surface area (Å²) >= 11 is 0. The van der Waals surface area contributed by atoms with Crippen molar-refractivity contribution in [3.8, 4) is 5.75 Å². The van der Waals surface area contributed by atoms with Crippen molar-refractivity contribution in [3.63, 3.8) is 0 Å². The van der Waals surface area contributed by atoms with Gasteiger partial charge in [0.1, 0.15) is 5.75 Å². The predicted octanol–water partition coefficient (Wildman–Crippen LogP) is 3.89. The molecule has 0 unspecified atom stereocenters. The third-order valence-electron chi connectivity index (χ3n) is 4.17. The van der Waals surface area contributed by atoms with Gasteiger partial charge in [-0.1, -0.05) is 12.1 Å². The first-order chi connectivity index (χ1) is 13.6. The first kappa shape index (κ1) is 19.3. The van der Waals surface area contributed by atoms with Crippen LogP contribution in [-0.4, -0.2) is 30.1 Å². The standard InChI is InChI=1S/C21H24N4O3/c1-3-28-19-9-5-8-18-20(19)15(13-23-18)10-11-22-21(27)25-17-7-4-6-16(12-17)24-14(2)26/h4-9,12-13,23H,3,10-11H2,1-2H3,(H,24,26)(H2,22,25,27). The van der Waals surface area contributed by atoms with Gasteiger partial charge in [-0.15, -0.1) is 0 Å². The number of hydrogen-bond donors (Lipinski definition) is 4. The Morgan fingerprint density at radius 3 is 2.57 bits per heavy atom. The second kappa shape index (κ2) is 8.94. The zero-order valence-corrected chi connectivity index (χ0v) is 16.0. The molecule has 0 spiro atoms. The van der Waals surface area contributed by atoms with Crippen LogP contribution in [0, 0.1) is 0 Å². The van der Waals surface area contributed by atoms with Crippen LogP contribution in [0.1, 0.15) is 19.4 Å². The monoisotopic (exact) mass is 380 g/mol. The largest absolute Gasteiger partial charge is 0.493 e. The summed E-state index contributed by atoms with van der Waals surface area (Å²) in [5.41, 5.74) is 3.34. The highest BCUT2D eigenvalue weighted by Gasteiger charge is 2.10. The Labute approximate surface area is 163 Å². The third-order valence-corrected chi connectivity index (χ3v) is 4.17. The number of anilines is 2. The van der Waals surface area contributed by atoms with Gasteiger partial charge in [-0.3, -0.25) is 4.79 Å². The predicted molar refractivity (Wildman–Crippen MR) is 111 cm³/mol. The summed E-state index contributed by atoms with van der Waals surface area (Å²) in [5.74, 6) is 0.683. The van der Waals surface area contributed by atoms with Crippen molar-refractivity contribution in [1.29, 1.82) is 0 Å². The smallest absolute Gasteiger partial charge is 0.319 e. The van der Waals surface area contributed by atoms with Crippen LogP contribution in [0.15, 0.2) is 48.7 Å². The average Bonchev–Trinajstić information content (AvgIpc) is 3.06. The lowest BCUT2D eigenvalue weighted by molar-refractivity contribution is -0.114. The first-order valence-corrected chi connectivity index (χ1v) is 9.21. The van der Waals surface area contributed by atoms with Gasteiger partial charge in [-0.25, -0.2) is 4.79 Å². The number of carbonyl (C=O) groups is 2. The van der Waals surface area contributed by atoms with Gasteiger partial charge >= 0.3 is 6.03 Å². The van der Waals surface area contributed by atoms with Crippen LogP contribution in [0.2, 0.25) is 0 Å². The minimum atomic E-state index is -0.301. The van der Waals surface area contributed by atoms with Crippen molar-refractivity contribution in [2.24, 2.45) is 0 Å². The molecule has 7 heteroatoms. The van der Waals surface area contributed by atoms with Gasteiger partial charge < -0.3 is 25.7 Å². The van der Waals surface area contributed by atoms with Crippen molar-refractivity contribution in [3.05, 3.63) is 54.2 Å². The molecule has 0 aliphatic rings. The van der Waals surface area contributed by atoms with Crippen LogP contribution in [-0.2, 0) is 11.2 Å². The van der Waals surface area contributed by atoms with Gasteiger partial charge in [0.25, 0.3) is 0 Å². The molecule has 3 aromatic rings. The van der Waals surface area contributed by atoms with Crippen molar-refractivity contribution in [2.45, 2.75) is 20.3 Å². The number of ether oxygens (including phenoxy) is 1. The molecule has 0 aliphatic heterocycles. The van der Waals surface area contributed by atoms with E-state index in [1.54, 1.807) is 24.3 Å². The lowest BCUT2D eigenvalue weighted by atomic mass is 10.1. The summed E-state index contributed by atoms with van der Waals surface area (Å²) in [5, 5.41) is 9.36. The van der Waals surface area contributed by atoms with E-state index < -0.39 is 0 Å². The lowest BCUT2D eigenvalue weighted by Gasteiger charge is -2.10. The number of carbonyl (C=O) groups excluding carboxylic acids is 2. The number of hydrogen-bond acceptors (Lipinski definition) is 3. The molecule has 0 radical (unpaired) electrons. The van der Waals surface area contributed by atoms with E-state index in [1.165, 1.54) is 6.92 Å². The van der Waals surface area contributed by atoms with E-state index in [4.69, 9.17) is 4.74 Å². The van der Waals surface area contributed by atoms with Crippen molar-refractivity contribution in [1.82, 2.24) is 10.3 Å². The molecule has 2 aromatic carbocycles. The fourth-order valence-electron chi connectivity index (χ4n) is 3.06. The quantitative estimate of drug-likeness (QED) is 0.501. The normalized spacial score (nSPS) is 10.5. The van der Waals surface area contributed by atoms with Gasteiger partial charge in [0.15, 0.2) is 0 Å². The highest BCUT2D eigenvalue weighted by molar-refractivity contribution is 5.93. The molecule has 0 saturated carbocycles. The van der Waals surface area contributed by atoms with Crippen molar-refractivity contribution >= 4 is 34.2 Å². The Balaban J connectivity index is 1.57. The van der Waals surface area contributed by atoms with E-state index in [-0.39, 0.29) is 11.9 Å². The second-order valence-electron chi connectivity index (χ2n) is 6.32. The minimum Gasteiger partial charge on any atom is -0.493 e. The molecular formula is C21H24N4O3. The number of rotatable bonds is 7. The van der Waals surface area contributed by atoms with Crippen molar-refractivity contribution in [2.75, 3.05) is 23.8 Å². The van der Waals surface area contributed by atoms with Gasteiger partial charge in [0.2, 0.25) is 5.91 Å². The zero-order valence-electron chi connectivity index (χ0n) is 16.0. The molecule has 4 N–H and O–H groups in total. The Morgan fingerprint density at radius 1 is 1.07 bits per heavy atom. The molecule has 146 valence electrons. The molecule has 1 heterocycles. The fraction of sp³-hybridized carbons (Fsp3) is 0.238. The zero-order chi connectivity index (χ0) is 19.9. The SMILES string of the molecule is CCOc1cccc2[nH]cc(CCNC(=O)Nc3cccc(NC(C)=O)c3)c12. The van der Waals surface area contributed by atoms with Crippen molar-refractivity contribution < 1.29 is 14.3 Å². The van der Waals surface area contributed by atoms with Crippen LogP contribution in [0.5, 0.6) is 5.75 Å². The number of urea groups is 1. The number of H-pyrrole nitrogens is 1. The molecule has 3 amide bonds. The van der Waals surface area contributed by atoms with Crippen LogP contribution in [0.25, 0.3) is 10.9 Å². The third kappa shape index (κ3) is 4.82. The van der Waals surface area contributed by atoms with Gasteiger partial charge in [-0.2, -0.15) is 0 Å². The number of nitrogens with one attached hydrogen (secondary N) is 4. The molecule has 0 atom stereocenters. The molecule has 3 rings (SSSR count). The highest BCUT2D eigenvalue weighted by Crippen LogP contribution is 2.29. The summed E-state index contributed by atoms with van der Waals surface area (Å²) in [4.78, 5) is 26.5. The topological polar surface area (TPSA) is 95.2 Å². The molecule has 7 nitrogen and oxygen atoms in total. The van der Waals surface area contributed by atoms with Gasteiger partial charge in [-0.05, 0) is 49.2 Å². The van der Waals surface area contributed by atoms with Crippen LogP contribution in [0.3, 0.4) is 0 Å². The van der Waals surface area contributed by atoms with Gasteiger partial charge in [0.05, 0.1) is 6.61 Å². The van der Waals surface area contributed by atoms with E-state index in [0.29, 0.717) is 30.9 Å². The van der Waals surface area contributed by atoms with E-state index in [1.807, 2.05) is 31.3 Å². The minimum absolute atomic E-state index is 0.160. The van der Waals surface area contributed by atoms with E-state index in [0.717, 1.165) is 22.2 Å². The maximum atomic E-state index is 12.2. The van der Waals surface area contributed by atoms with Crippen LogP contribution in [0.4, 0.5) is 16.2 Å². The second-order valence-corrected chi connectivity index (χ2v) is 6.32. The Hall–Kier alpha value is -3.48. The fourth-order valence-corrected chi connectivity index (χ4v) is 3.06. The highest BCUT2D eigenvalue weighted by atomic mass is 16.5. The summed E-state index contributed by atoms with van der Waals surface area (Å²) in [7, 11) is 0. The van der Waals surface area contributed by atoms with E-state index in [9.17, 15) is 9.59 Å². The Kier molecular flexibility index (Phi) is 6.16. The number of amides is 3. The van der Waals surface area contributed by atoms with Gasteiger partial charge in [0, 0.05) is 41.9 Å². The number of aromatic nitrogens is 1. The molecule has 0 aliphatic carbocycles. The molecular weight excluding hydrogens is 356 g/mol. The number of aromatic amines is 1. The Bertz CT molecular complexity index is 981. The average molecular weight is 380 g/mol. The number of fused-ring (bicyclic) bond motifs is 1. The summed E-state index contributed by atoms with van der Waals surface area (Å²) < 4.78 is 5.71. The summed E-state index contributed by atoms with van der Waals surface area (Å²) in [6, 6.07) is 12.6. The van der Waals surface area contributed by atoms with Crippen LogP contribution < -0.4 is 20.7 Å². The molecule has 28 heavy (non-hydrogen) atoms. The lowest BCUT2D eigenvalue weighted by Crippen LogP contribution is -2.30. The van der Waals surface area contributed by atoms with Crippen LogP contribution >= 0.6 is 0 Å². The maximum absolute atomic E-state index is 12.2. The Morgan fingerprint density at radius 2 is 1.82 bits per heavy atom. The first-order valence-electron chi connectivity index (χ1n) is 9.21. The molecule has 0 fully saturated rings. The molecule has 0 saturated heterocycles. The summed E-state index contributed by atoms with van der Waals surface area (Å²) in [6.07, 6.45) is 2.62. The molecule has 1 aromatic heterocycles. The maximum Gasteiger partial charge on any atom is 0.319 e. The molecule has 0 bridgehead atoms. The number of benzene rings is 2. The van der Waals surface area contributed by atoms with E-state index in [2.05, 4.69) is 20.9 Å². The van der Waals surface area contributed by atoms with E-state index >= 15 is 0 Å². The summed E-state index contributed by atoms with van der Waals surface area (Å²) in [6.45, 7) is 4.47.